The summed E-state index contributed by atoms with van der Waals surface area (Å²) in [5.41, 5.74) is 5.70. The van der Waals surface area contributed by atoms with Crippen LogP contribution in [0.4, 0.5) is 5.69 Å². The molecule has 0 aliphatic carbocycles. The summed E-state index contributed by atoms with van der Waals surface area (Å²) in [7, 11) is 1.61. The van der Waals surface area contributed by atoms with Gasteiger partial charge >= 0.3 is 5.97 Å². The van der Waals surface area contributed by atoms with Crippen molar-refractivity contribution >= 4 is 17.6 Å². The molecule has 1 aromatic heterocycles. The van der Waals surface area contributed by atoms with Crippen LogP contribution in [0.2, 0.25) is 0 Å². The zero-order chi connectivity index (χ0) is 22.7. The van der Waals surface area contributed by atoms with Gasteiger partial charge in [-0.2, -0.15) is 0 Å². The Morgan fingerprint density at radius 2 is 1.94 bits per heavy atom. The first-order valence-electron chi connectivity index (χ1n) is 10.2. The third kappa shape index (κ3) is 2.57. The van der Waals surface area contributed by atoms with Crippen LogP contribution in [-0.2, 0) is 26.8 Å². The normalized spacial score (nSPS) is 19.5. The third-order valence-electron chi connectivity index (χ3n) is 5.95. The Balaban J connectivity index is 2.21. The summed E-state index contributed by atoms with van der Waals surface area (Å²) in [6.45, 7) is 7.24. The number of aromatic nitrogens is 1. The summed E-state index contributed by atoms with van der Waals surface area (Å²) in [5.74, 6) is -1.30. The molecule has 1 amide bonds. The van der Waals surface area contributed by atoms with Crippen LogP contribution in [0.5, 0.6) is 5.75 Å². The maximum Gasteiger partial charge on any atom is 0.341 e. The average Bonchev–Trinajstić information content (AvgIpc) is 2.95. The van der Waals surface area contributed by atoms with Crippen LogP contribution in [0.3, 0.4) is 0 Å². The Hall–Kier alpha value is -3.55. The van der Waals surface area contributed by atoms with Gasteiger partial charge in [0.1, 0.15) is 16.7 Å². The number of nitrogens with zero attached hydrogens (tertiary/aromatic N) is 2. The van der Waals surface area contributed by atoms with Crippen LogP contribution < -0.4 is 20.9 Å². The Morgan fingerprint density at radius 3 is 2.58 bits per heavy atom. The Kier molecular flexibility index (Phi) is 4.68. The summed E-state index contributed by atoms with van der Waals surface area (Å²) < 4.78 is 12.4. The van der Waals surface area contributed by atoms with E-state index in [0.29, 0.717) is 16.9 Å². The number of rotatable bonds is 3. The molecule has 162 valence electrons. The topological polar surface area (TPSA) is 104 Å². The molecule has 1 aromatic carbocycles. The third-order valence-corrected chi connectivity index (χ3v) is 5.95. The highest BCUT2D eigenvalue weighted by Gasteiger charge is 2.62. The zero-order valence-corrected chi connectivity index (χ0v) is 18.2. The molecule has 2 aliphatic rings. The van der Waals surface area contributed by atoms with Gasteiger partial charge in [-0.05, 0) is 33.8 Å². The second-order valence-electron chi connectivity index (χ2n) is 7.99. The second-order valence-corrected chi connectivity index (χ2v) is 7.99. The number of para-hydroxylation sites is 1. The van der Waals surface area contributed by atoms with Crippen LogP contribution in [0, 0.1) is 6.92 Å². The summed E-state index contributed by atoms with van der Waals surface area (Å²) in [6, 6.07) is 8.56. The van der Waals surface area contributed by atoms with Crippen LogP contribution in [0.15, 0.2) is 46.6 Å². The van der Waals surface area contributed by atoms with E-state index in [2.05, 4.69) is 0 Å². The van der Waals surface area contributed by atoms with Gasteiger partial charge in [0.15, 0.2) is 0 Å². The highest BCUT2D eigenvalue weighted by Crippen LogP contribution is 2.55. The maximum absolute atomic E-state index is 14.2. The number of carbonyl (C=O) groups is 2. The quantitative estimate of drug-likeness (QED) is 0.756. The first-order chi connectivity index (χ1) is 14.7. The molecule has 31 heavy (non-hydrogen) atoms. The summed E-state index contributed by atoms with van der Waals surface area (Å²) in [4.78, 5) is 42.5. The predicted molar refractivity (Wildman–Crippen MR) is 115 cm³/mol. The first-order valence-corrected chi connectivity index (χ1v) is 10.2. The molecule has 2 aromatic rings. The van der Waals surface area contributed by atoms with Crippen LogP contribution in [-0.4, -0.2) is 29.1 Å². The summed E-state index contributed by atoms with van der Waals surface area (Å²) >= 11 is 0. The Labute approximate surface area is 179 Å². The van der Waals surface area contributed by atoms with Gasteiger partial charge in [0.2, 0.25) is 11.8 Å². The molecule has 2 aliphatic heterocycles. The SMILES string of the molecule is CCOC(=O)C1=C(N)Oc2cc(C)n(C)c(=O)c2C12C(=O)N(C(C)C)c1ccccc12. The van der Waals surface area contributed by atoms with E-state index in [9.17, 15) is 14.4 Å². The minimum Gasteiger partial charge on any atom is -0.462 e. The molecule has 0 saturated heterocycles. The van der Waals surface area contributed by atoms with E-state index >= 15 is 0 Å². The monoisotopic (exact) mass is 423 g/mol. The van der Waals surface area contributed by atoms with Gasteiger partial charge in [0, 0.05) is 36.1 Å². The number of amides is 1. The molecular weight excluding hydrogens is 398 g/mol. The number of nitrogens with two attached hydrogens (primary N) is 1. The van der Waals surface area contributed by atoms with Gasteiger partial charge in [-0.3, -0.25) is 9.59 Å². The smallest absolute Gasteiger partial charge is 0.341 e. The van der Waals surface area contributed by atoms with Gasteiger partial charge in [0.05, 0.1) is 12.2 Å². The van der Waals surface area contributed by atoms with E-state index in [4.69, 9.17) is 15.2 Å². The lowest BCUT2D eigenvalue weighted by Gasteiger charge is -2.36. The highest BCUT2D eigenvalue weighted by atomic mass is 16.5. The minimum atomic E-state index is -1.76. The number of aryl methyl sites for hydroxylation is 1. The lowest BCUT2D eigenvalue weighted by Crippen LogP contribution is -2.53. The highest BCUT2D eigenvalue weighted by molar-refractivity contribution is 6.18. The summed E-state index contributed by atoms with van der Waals surface area (Å²) in [6.07, 6.45) is 0. The largest absolute Gasteiger partial charge is 0.462 e. The number of fused-ring (bicyclic) bond motifs is 4. The molecule has 1 atom stereocenters. The average molecular weight is 423 g/mol. The van der Waals surface area contributed by atoms with Crippen molar-refractivity contribution in [2.24, 2.45) is 12.8 Å². The van der Waals surface area contributed by atoms with E-state index in [1.807, 2.05) is 19.9 Å². The standard InChI is InChI=1S/C23H25N3O5/c1-6-30-21(28)18-19(24)31-16-11-13(4)25(5)20(27)17(16)23(18)14-9-7-8-10-15(14)26(12(2)3)22(23)29/h7-12H,6,24H2,1-5H3. The summed E-state index contributed by atoms with van der Waals surface area (Å²) in [5, 5.41) is 0. The number of hydrogen-bond donors (Lipinski definition) is 1. The fourth-order valence-electron chi connectivity index (χ4n) is 4.56. The number of hydrogen-bond acceptors (Lipinski definition) is 6. The van der Waals surface area contributed by atoms with E-state index in [1.54, 1.807) is 50.1 Å². The molecule has 1 unspecified atom stereocenters. The fraction of sp³-hybridized carbons (Fsp3) is 0.348. The van der Waals surface area contributed by atoms with Gasteiger partial charge < -0.3 is 24.7 Å². The molecule has 2 N–H and O–H groups in total. The minimum absolute atomic E-state index is 0.0680. The van der Waals surface area contributed by atoms with Crippen molar-refractivity contribution in [3.8, 4) is 5.75 Å². The zero-order valence-electron chi connectivity index (χ0n) is 18.2. The van der Waals surface area contributed by atoms with E-state index < -0.39 is 22.9 Å². The Morgan fingerprint density at radius 1 is 1.26 bits per heavy atom. The van der Waals surface area contributed by atoms with Crippen LogP contribution >= 0.6 is 0 Å². The van der Waals surface area contributed by atoms with Crippen LogP contribution in [0.25, 0.3) is 0 Å². The predicted octanol–water partition coefficient (Wildman–Crippen LogP) is 1.86. The molecule has 1 spiro atoms. The fourth-order valence-corrected chi connectivity index (χ4v) is 4.56. The van der Waals surface area contributed by atoms with Gasteiger partial charge in [0.25, 0.3) is 5.56 Å². The van der Waals surface area contributed by atoms with Gasteiger partial charge in [-0.25, -0.2) is 4.79 Å². The van der Waals surface area contributed by atoms with Gasteiger partial charge in [-0.15, -0.1) is 0 Å². The van der Waals surface area contributed by atoms with Crippen molar-refractivity contribution < 1.29 is 19.1 Å². The number of benzene rings is 1. The molecular formula is C23H25N3O5. The number of ether oxygens (including phenoxy) is 2. The lowest BCUT2D eigenvalue weighted by atomic mass is 9.68. The van der Waals surface area contributed by atoms with Crippen molar-refractivity contribution in [1.29, 1.82) is 0 Å². The molecule has 3 heterocycles. The van der Waals surface area contributed by atoms with Crippen molar-refractivity contribution in [3.05, 3.63) is 69.0 Å². The van der Waals surface area contributed by atoms with E-state index in [1.165, 1.54) is 4.57 Å². The van der Waals surface area contributed by atoms with E-state index in [0.717, 1.165) is 0 Å². The molecule has 0 saturated carbocycles. The maximum atomic E-state index is 14.2. The number of carbonyl (C=O) groups excluding carboxylic acids is 2. The van der Waals surface area contributed by atoms with Crippen LogP contribution in [0.1, 0.15) is 37.6 Å². The number of anilines is 1. The lowest BCUT2D eigenvalue weighted by molar-refractivity contribution is -0.141. The molecule has 0 fully saturated rings. The van der Waals surface area contributed by atoms with Crippen molar-refractivity contribution in [3.63, 3.8) is 0 Å². The van der Waals surface area contributed by atoms with Crippen molar-refractivity contribution in [2.45, 2.75) is 39.2 Å². The molecule has 0 radical (unpaired) electrons. The van der Waals surface area contributed by atoms with Crippen molar-refractivity contribution in [2.75, 3.05) is 11.5 Å². The first kappa shape index (κ1) is 20.7. The molecule has 8 nitrogen and oxygen atoms in total. The van der Waals surface area contributed by atoms with Gasteiger partial charge in [-0.1, -0.05) is 18.2 Å². The molecule has 8 heteroatoms. The van der Waals surface area contributed by atoms with Crippen molar-refractivity contribution in [1.82, 2.24) is 4.57 Å². The molecule has 0 bridgehead atoms. The number of esters is 1. The number of pyridine rings is 1. The Bertz CT molecular complexity index is 1210. The molecule has 4 rings (SSSR count). The second kappa shape index (κ2) is 7.01. The van der Waals surface area contributed by atoms with E-state index in [-0.39, 0.29) is 35.4 Å².